The summed E-state index contributed by atoms with van der Waals surface area (Å²) in [5, 5.41) is 0. The van der Waals surface area contributed by atoms with E-state index in [0.717, 1.165) is 11.3 Å². The van der Waals surface area contributed by atoms with E-state index >= 15 is 0 Å². The maximum absolute atomic E-state index is 14.2. The Morgan fingerprint density at radius 3 is 2.44 bits per heavy atom. The van der Waals surface area contributed by atoms with Gasteiger partial charge in [-0.05, 0) is 42.8 Å². The van der Waals surface area contributed by atoms with Crippen LogP contribution in [-0.2, 0) is 9.53 Å². The number of carbonyl (C=O) groups excluding carboxylic acids is 1. The van der Waals surface area contributed by atoms with Crippen molar-refractivity contribution in [2.24, 2.45) is 5.92 Å². The van der Waals surface area contributed by atoms with Gasteiger partial charge in [0.25, 0.3) is 0 Å². The molecule has 2 aromatic rings. The molecule has 168 valence electrons. The van der Waals surface area contributed by atoms with Gasteiger partial charge in [0.2, 0.25) is 11.6 Å². The van der Waals surface area contributed by atoms with Crippen molar-refractivity contribution in [3.05, 3.63) is 76.8 Å². The highest BCUT2D eigenvalue weighted by molar-refractivity contribution is 5.87. The predicted molar refractivity (Wildman–Crippen MR) is 112 cm³/mol. The van der Waals surface area contributed by atoms with Crippen LogP contribution in [-0.4, -0.2) is 33.3 Å². The summed E-state index contributed by atoms with van der Waals surface area (Å²) in [6, 6.07) is 4.65. The van der Waals surface area contributed by atoms with Crippen LogP contribution in [0, 0.1) is 30.3 Å². The molecule has 1 heterocycles. The lowest BCUT2D eigenvalue weighted by Crippen LogP contribution is -2.47. The van der Waals surface area contributed by atoms with Crippen LogP contribution >= 0.6 is 0 Å². The van der Waals surface area contributed by atoms with E-state index in [2.05, 4.69) is 0 Å². The van der Waals surface area contributed by atoms with Crippen LogP contribution in [0.3, 0.4) is 0 Å². The van der Waals surface area contributed by atoms with Crippen molar-refractivity contribution in [1.82, 2.24) is 0 Å². The lowest BCUT2D eigenvalue weighted by molar-refractivity contribution is -0.137. The number of hydrogen-bond acceptors (Lipinski definition) is 5. The number of ether oxygens (including phenoxy) is 3. The van der Waals surface area contributed by atoms with Crippen molar-refractivity contribution in [2.75, 3.05) is 26.2 Å². The van der Waals surface area contributed by atoms with Gasteiger partial charge in [0, 0.05) is 24.2 Å². The molecule has 0 radical (unpaired) electrons. The highest BCUT2D eigenvalue weighted by Gasteiger charge is 2.46. The smallest absolute Gasteiger partial charge is 0.319 e. The molecular weight excluding hydrogens is 423 g/mol. The number of allylic oxidation sites excluding steroid dienone is 1. The number of carbonyl (C=O) groups is 1. The molecule has 0 N–H and O–H groups in total. The van der Waals surface area contributed by atoms with Crippen molar-refractivity contribution < 1.29 is 32.2 Å². The molecule has 3 atom stereocenters. The van der Waals surface area contributed by atoms with Crippen molar-refractivity contribution in [3.63, 3.8) is 0 Å². The first-order chi connectivity index (χ1) is 15.3. The van der Waals surface area contributed by atoms with E-state index in [4.69, 9.17) is 14.2 Å². The number of anilines is 1. The molecule has 2 aliphatic rings. The number of methoxy groups -OCH3 is 2. The third-order valence-corrected chi connectivity index (χ3v) is 6.00. The predicted octanol–water partition coefficient (Wildman–Crippen LogP) is 4.64. The molecule has 3 unspecified atom stereocenters. The first kappa shape index (κ1) is 21.8. The van der Waals surface area contributed by atoms with Gasteiger partial charge in [0.15, 0.2) is 11.6 Å². The Kier molecular flexibility index (Phi) is 5.62. The van der Waals surface area contributed by atoms with Crippen molar-refractivity contribution in [2.45, 2.75) is 18.9 Å². The molecule has 1 aliphatic carbocycles. The summed E-state index contributed by atoms with van der Waals surface area (Å²) < 4.78 is 58.1. The minimum atomic E-state index is -1.56. The van der Waals surface area contributed by atoms with E-state index in [1.165, 1.54) is 7.11 Å². The minimum Gasteiger partial charge on any atom is -0.497 e. The van der Waals surface area contributed by atoms with Crippen LogP contribution in [0.25, 0.3) is 0 Å². The van der Waals surface area contributed by atoms with Gasteiger partial charge < -0.3 is 19.1 Å². The molecule has 4 rings (SSSR count). The molecule has 0 saturated heterocycles. The minimum absolute atomic E-state index is 0.298. The summed E-state index contributed by atoms with van der Waals surface area (Å²) in [7, 11) is 4.91. The number of esters is 1. The summed E-state index contributed by atoms with van der Waals surface area (Å²) in [6.07, 6.45) is 5.40. The summed E-state index contributed by atoms with van der Waals surface area (Å²) in [4.78, 5) is 15.4. The zero-order chi connectivity index (χ0) is 23.2. The molecule has 0 amide bonds. The molecule has 1 aliphatic heterocycles. The quantitative estimate of drug-likeness (QED) is 0.390. The van der Waals surface area contributed by atoms with E-state index < -0.39 is 41.0 Å². The Morgan fingerprint density at radius 1 is 1.03 bits per heavy atom. The Balaban J connectivity index is 1.87. The number of fused-ring (bicyclic) bond motifs is 2. The molecule has 5 nitrogen and oxygen atoms in total. The fourth-order valence-electron chi connectivity index (χ4n) is 4.50. The number of nitrogens with zero attached hydrogens (tertiary/aromatic N) is 1. The fraction of sp³-hybridized carbons (Fsp3) is 0.292. The maximum Gasteiger partial charge on any atom is 0.319 e. The van der Waals surface area contributed by atoms with Crippen LogP contribution in [0.15, 0.2) is 48.3 Å². The molecule has 0 spiro atoms. The van der Waals surface area contributed by atoms with E-state index in [9.17, 15) is 18.0 Å². The third kappa shape index (κ3) is 3.39. The van der Waals surface area contributed by atoms with Gasteiger partial charge in [-0.15, -0.1) is 0 Å². The SMILES string of the molecule is COC1=CC2C(C=C1)C(C(=O)Oc1c(F)ccc(F)c1F)c1c(OC)ccc(C)c1N2C. The molecule has 0 saturated carbocycles. The number of rotatable bonds is 4. The van der Waals surface area contributed by atoms with Gasteiger partial charge >= 0.3 is 5.97 Å². The summed E-state index contributed by atoms with van der Waals surface area (Å²) >= 11 is 0. The van der Waals surface area contributed by atoms with E-state index in [1.54, 1.807) is 25.3 Å². The Bertz CT molecular complexity index is 1140. The molecule has 8 heteroatoms. The van der Waals surface area contributed by atoms with Crippen molar-refractivity contribution in [1.29, 1.82) is 0 Å². The monoisotopic (exact) mass is 445 g/mol. The van der Waals surface area contributed by atoms with Gasteiger partial charge in [-0.2, -0.15) is 4.39 Å². The topological polar surface area (TPSA) is 48.0 Å². The first-order valence-corrected chi connectivity index (χ1v) is 9.98. The lowest BCUT2D eigenvalue weighted by atomic mass is 9.73. The molecule has 32 heavy (non-hydrogen) atoms. The molecule has 0 fully saturated rings. The van der Waals surface area contributed by atoms with Gasteiger partial charge in [0.1, 0.15) is 11.5 Å². The normalized spacial score (nSPS) is 21.4. The molecular formula is C24H22F3NO4. The van der Waals surface area contributed by atoms with Crippen molar-refractivity contribution >= 4 is 11.7 Å². The molecule has 2 aromatic carbocycles. The molecule has 0 aromatic heterocycles. The summed E-state index contributed by atoms with van der Waals surface area (Å²) in [6.45, 7) is 1.89. The number of likely N-dealkylation sites (N-methyl/N-ethyl adjacent to an activating group) is 1. The largest absolute Gasteiger partial charge is 0.497 e. The average Bonchev–Trinajstić information content (AvgIpc) is 2.79. The Labute approximate surface area is 183 Å². The highest BCUT2D eigenvalue weighted by atomic mass is 19.2. The fourth-order valence-corrected chi connectivity index (χ4v) is 4.50. The molecule has 0 bridgehead atoms. The standard InChI is InChI=1S/C24H22F3NO4/c1-12-5-10-18(31-4)20-19(24(29)32-23-16(26)9-8-15(25)21(23)27)14-7-6-13(30-3)11-17(14)28(2)22(12)20/h5-11,14,17,19H,1-4H3. The second kappa shape index (κ2) is 8.26. The lowest BCUT2D eigenvalue weighted by Gasteiger charge is -2.45. The van der Waals surface area contributed by atoms with Crippen LogP contribution in [0.1, 0.15) is 17.0 Å². The Hall–Kier alpha value is -3.42. The number of aryl methyl sites for hydroxylation is 1. The van der Waals surface area contributed by atoms with Gasteiger partial charge in [0.05, 0.1) is 26.2 Å². The van der Waals surface area contributed by atoms with Crippen LogP contribution < -0.4 is 14.4 Å². The average molecular weight is 445 g/mol. The number of hydrogen-bond donors (Lipinski definition) is 0. The second-order valence-electron chi connectivity index (χ2n) is 7.73. The van der Waals surface area contributed by atoms with Gasteiger partial charge in [-0.3, -0.25) is 4.79 Å². The summed E-state index contributed by atoms with van der Waals surface area (Å²) in [5.74, 6) is -6.37. The van der Waals surface area contributed by atoms with E-state index in [1.807, 2.05) is 31.0 Å². The number of halogens is 3. The maximum atomic E-state index is 14.2. The van der Waals surface area contributed by atoms with Crippen LogP contribution in [0.2, 0.25) is 0 Å². The summed E-state index contributed by atoms with van der Waals surface area (Å²) in [5.41, 5.74) is 2.16. The van der Waals surface area contributed by atoms with Crippen LogP contribution in [0.4, 0.5) is 18.9 Å². The zero-order valence-electron chi connectivity index (χ0n) is 18.0. The van der Waals surface area contributed by atoms with E-state index in [0.29, 0.717) is 29.2 Å². The highest BCUT2D eigenvalue weighted by Crippen LogP contribution is 2.50. The van der Waals surface area contributed by atoms with Crippen molar-refractivity contribution in [3.8, 4) is 11.5 Å². The van der Waals surface area contributed by atoms with Crippen LogP contribution in [0.5, 0.6) is 11.5 Å². The first-order valence-electron chi connectivity index (χ1n) is 9.98. The number of benzene rings is 2. The third-order valence-electron chi connectivity index (χ3n) is 6.00. The van der Waals surface area contributed by atoms with Gasteiger partial charge in [-0.25, -0.2) is 8.78 Å². The van der Waals surface area contributed by atoms with E-state index in [-0.39, 0.29) is 6.04 Å². The Morgan fingerprint density at radius 2 is 1.75 bits per heavy atom. The van der Waals surface area contributed by atoms with Gasteiger partial charge in [-0.1, -0.05) is 12.1 Å². The zero-order valence-corrected chi connectivity index (χ0v) is 18.0. The second-order valence-corrected chi connectivity index (χ2v) is 7.73.